The number of carbonyl (C=O) groups excluding carboxylic acids is 1. The molecule has 1 saturated carbocycles. The van der Waals surface area contributed by atoms with Crippen molar-refractivity contribution in [3.05, 3.63) is 23.8 Å². The van der Waals surface area contributed by atoms with Crippen LogP contribution >= 0.6 is 0 Å². The van der Waals surface area contributed by atoms with Gasteiger partial charge in [0.05, 0.1) is 7.11 Å². The van der Waals surface area contributed by atoms with Crippen LogP contribution in [0.1, 0.15) is 44.6 Å². The highest BCUT2D eigenvalue weighted by Gasteiger charge is 2.21. The van der Waals surface area contributed by atoms with Crippen LogP contribution in [0, 0.1) is 12.8 Å². The molecule has 0 unspecified atom stereocenters. The molecule has 122 valence electrons. The molecule has 0 saturated heterocycles. The van der Waals surface area contributed by atoms with Gasteiger partial charge in [0.25, 0.3) is 5.91 Å². The van der Waals surface area contributed by atoms with Gasteiger partial charge in [0.1, 0.15) is 0 Å². The second-order valence-electron chi connectivity index (χ2n) is 6.14. The Morgan fingerprint density at radius 2 is 1.95 bits per heavy atom. The fourth-order valence-corrected chi connectivity index (χ4v) is 3.02. The Balaban J connectivity index is 1.78. The predicted octanol–water partition coefficient (Wildman–Crippen LogP) is 3.47. The van der Waals surface area contributed by atoms with Crippen LogP contribution in [-0.2, 0) is 4.79 Å². The van der Waals surface area contributed by atoms with Crippen molar-refractivity contribution in [3.8, 4) is 11.5 Å². The molecule has 22 heavy (non-hydrogen) atoms. The Labute approximate surface area is 133 Å². The first-order valence-corrected chi connectivity index (χ1v) is 8.19. The fraction of sp³-hybridized carbons (Fsp3) is 0.611. The molecule has 4 heteroatoms. The van der Waals surface area contributed by atoms with Gasteiger partial charge in [-0.3, -0.25) is 4.79 Å². The van der Waals surface area contributed by atoms with Crippen molar-refractivity contribution >= 4 is 5.91 Å². The molecule has 1 aromatic rings. The number of ether oxygens (including phenoxy) is 2. The highest BCUT2D eigenvalue weighted by atomic mass is 16.5. The average molecular weight is 305 g/mol. The minimum absolute atomic E-state index is 0.0348. The minimum atomic E-state index is -0.0532. The van der Waals surface area contributed by atoms with E-state index in [1.807, 2.05) is 25.1 Å². The lowest BCUT2D eigenvalue weighted by Crippen LogP contribution is -2.40. The Bertz CT molecular complexity index is 493. The van der Waals surface area contributed by atoms with E-state index in [1.54, 1.807) is 7.11 Å². The van der Waals surface area contributed by atoms with E-state index in [2.05, 4.69) is 12.2 Å². The van der Waals surface area contributed by atoms with E-state index >= 15 is 0 Å². The van der Waals surface area contributed by atoms with E-state index in [4.69, 9.17) is 9.47 Å². The van der Waals surface area contributed by atoms with E-state index in [-0.39, 0.29) is 12.5 Å². The summed E-state index contributed by atoms with van der Waals surface area (Å²) in [6, 6.07) is 5.99. The monoisotopic (exact) mass is 305 g/mol. The van der Waals surface area contributed by atoms with Crippen molar-refractivity contribution in [2.24, 2.45) is 5.92 Å². The first kappa shape index (κ1) is 16.7. The molecule has 0 aromatic heterocycles. The van der Waals surface area contributed by atoms with Gasteiger partial charge in [-0.2, -0.15) is 0 Å². The summed E-state index contributed by atoms with van der Waals surface area (Å²) in [5.74, 6) is 2.05. The van der Waals surface area contributed by atoms with Gasteiger partial charge in [-0.1, -0.05) is 19.4 Å². The second-order valence-corrected chi connectivity index (χ2v) is 6.14. The third-order valence-electron chi connectivity index (χ3n) is 4.47. The quantitative estimate of drug-likeness (QED) is 0.875. The van der Waals surface area contributed by atoms with Crippen LogP contribution in [0.5, 0.6) is 11.5 Å². The van der Waals surface area contributed by atoms with Gasteiger partial charge in [0.2, 0.25) is 0 Å². The number of nitrogens with one attached hydrogen (secondary N) is 1. The average Bonchev–Trinajstić information content (AvgIpc) is 2.54. The largest absolute Gasteiger partial charge is 0.493 e. The highest BCUT2D eigenvalue weighted by Crippen LogP contribution is 2.28. The highest BCUT2D eigenvalue weighted by molar-refractivity contribution is 5.78. The normalized spacial score (nSPS) is 21.2. The van der Waals surface area contributed by atoms with E-state index in [1.165, 1.54) is 19.3 Å². The molecule has 1 aliphatic carbocycles. The zero-order valence-corrected chi connectivity index (χ0v) is 13.9. The summed E-state index contributed by atoms with van der Waals surface area (Å²) < 4.78 is 10.9. The van der Waals surface area contributed by atoms with E-state index in [0.717, 1.165) is 24.3 Å². The number of rotatable bonds is 6. The first-order chi connectivity index (χ1) is 10.6. The molecule has 0 bridgehead atoms. The topological polar surface area (TPSA) is 47.6 Å². The van der Waals surface area contributed by atoms with Crippen molar-refractivity contribution in [1.82, 2.24) is 5.32 Å². The Kier molecular flexibility index (Phi) is 6.10. The molecule has 4 nitrogen and oxygen atoms in total. The molecule has 1 amide bonds. The summed E-state index contributed by atoms with van der Waals surface area (Å²) in [6.45, 7) is 4.27. The lowest BCUT2D eigenvalue weighted by atomic mass is 9.84. The molecule has 0 radical (unpaired) electrons. The van der Waals surface area contributed by atoms with Crippen LogP contribution in [-0.4, -0.2) is 25.7 Å². The van der Waals surface area contributed by atoms with Crippen LogP contribution in [0.15, 0.2) is 18.2 Å². The lowest BCUT2D eigenvalue weighted by molar-refractivity contribution is -0.124. The smallest absolute Gasteiger partial charge is 0.258 e. The van der Waals surface area contributed by atoms with Crippen LogP contribution in [0.4, 0.5) is 0 Å². The third kappa shape index (κ3) is 4.65. The van der Waals surface area contributed by atoms with Gasteiger partial charge < -0.3 is 14.8 Å². The van der Waals surface area contributed by atoms with Crippen molar-refractivity contribution < 1.29 is 14.3 Å². The summed E-state index contributed by atoms with van der Waals surface area (Å²) in [5.41, 5.74) is 1.10. The second kappa shape index (κ2) is 8.06. The van der Waals surface area contributed by atoms with Gasteiger partial charge in [-0.15, -0.1) is 0 Å². The van der Waals surface area contributed by atoms with Crippen LogP contribution in [0.2, 0.25) is 0 Å². The Hall–Kier alpha value is -1.71. The zero-order chi connectivity index (χ0) is 15.9. The van der Waals surface area contributed by atoms with Crippen molar-refractivity contribution in [3.63, 3.8) is 0 Å². The molecule has 1 aromatic carbocycles. The Morgan fingerprint density at radius 1 is 1.23 bits per heavy atom. The number of aryl methyl sites for hydroxylation is 1. The van der Waals surface area contributed by atoms with Gasteiger partial charge in [0.15, 0.2) is 18.1 Å². The van der Waals surface area contributed by atoms with Crippen molar-refractivity contribution in [2.75, 3.05) is 13.7 Å². The summed E-state index contributed by atoms with van der Waals surface area (Å²) in [7, 11) is 1.61. The molecule has 1 fully saturated rings. The molecule has 1 aliphatic rings. The van der Waals surface area contributed by atoms with Crippen LogP contribution in [0.25, 0.3) is 0 Å². The van der Waals surface area contributed by atoms with Gasteiger partial charge in [-0.05, 0) is 56.2 Å². The maximum atomic E-state index is 12.0. The Morgan fingerprint density at radius 3 is 2.59 bits per heavy atom. The SMILES string of the molecule is CCC1CCC(NC(=O)COc2ccc(C)cc2OC)CC1. The van der Waals surface area contributed by atoms with Gasteiger partial charge in [0, 0.05) is 6.04 Å². The molecule has 0 aliphatic heterocycles. The molecule has 1 N–H and O–H groups in total. The third-order valence-corrected chi connectivity index (χ3v) is 4.47. The maximum Gasteiger partial charge on any atom is 0.258 e. The summed E-state index contributed by atoms with van der Waals surface area (Å²) in [5, 5.41) is 3.08. The number of benzene rings is 1. The molecule has 0 heterocycles. The minimum Gasteiger partial charge on any atom is -0.493 e. The predicted molar refractivity (Wildman–Crippen MR) is 87.4 cm³/mol. The molecular formula is C18H27NO3. The number of carbonyl (C=O) groups is 1. The maximum absolute atomic E-state index is 12.0. The van der Waals surface area contributed by atoms with E-state index in [0.29, 0.717) is 17.5 Å². The summed E-state index contributed by atoms with van der Waals surface area (Å²) in [6.07, 6.45) is 5.84. The summed E-state index contributed by atoms with van der Waals surface area (Å²) >= 11 is 0. The van der Waals surface area contributed by atoms with Crippen LogP contribution in [0.3, 0.4) is 0 Å². The lowest BCUT2D eigenvalue weighted by Gasteiger charge is -2.28. The summed E-state index contributed by atoms with van der Waals surface area (Å²) in [4.78, 5) is 12.0. The number of amides is 1. The van der Waals surface area contributed by atoms with Crippen molar-refractivity contribution in [1.29, 1.82) is 0 Å². The van der Waals surface area contributed by atoms with Gasteiger partial charge in [-0.25, -0.2) is 0 Å². The molecule has 0 spiro atoms. The number of hydrogen-bond acceptors (Lipinski definition) is 3. The van der Waals surface area contributed by atoms with Crippen molar-refractivity contribution in [2.45, 2.75) is 52.0 Å². The zero-order valence-electron chi connectivity index (χ0n) is 13.9. The van der Waals surface area contributed by atoms with Crippen LogP contribution < -0.4 is 14.8 Å². The number of methoxy groups -OCH3 is 1. The standard InChI is InChI=1S/C18H27NO3/c1-4-14-6-8-15(9-7-14)19-18(20)12-22-16-10-5-13(2)11-17(16)21-3/h5,10-11,14-15H,4,6-9,12H2,1-3H3,(H,19,20). The van der Waals surface area contributed by atoms with E-state index in [9.17, 15) is 4.79 Å². The fourth-order valence-electron chi connectivity index (χ4n) is 3.02. The van der Waals surface area contributed by atoms with Gasteiger partial charge >= 0.3 is 0 Å². The molecular weight excluding hydrogens is 278 g/mol. The molecule has 0 atom stereocenters. The number of hydrogen-bond donors (Lipinski definition) is 1. The van der Waals surface area contributed by atoms with E-state index < -0.39 is 0 Å². The molecule has 2 rings (SSSR count). The first-order valence-electron chi connectivity index (χ1n) is 8.19.